The van der Waals surface area contributed by atoms with Gasteiger partial charge in [0.25, 0.3) is 5.69 Å². The van der Waals surface area contributed by atoms with E-state index in [9.17, 15) is 23.3 Å². The van der Waals surface area contributed by atoms with Crippen molar-refractivity contribution in [2.75, 3.05) is 0 Å². The highest BCUT2D eigenvalue weighted by molar-refractivity contribution is 7.89. The predicted octanol–water partition coefficient (Wildman–Crippen LogP) is 1.48. The van der Waals surface area contributed by atoms with Crippen molar-refractivity contribution < 1.29 is 23.2 Å². The van der Waals surface area contributed by atoms with Gasteiger partial charge in [0.2, 0.25) is 10.0 Å². The lowest BCUT2D eigenvalue weighted by molar-refractivity contribution is -0.385. The number of hydrogen-bond donors (Lipinski definition) is 2. The Morgan fingerprint density at radius 3 is 2.67 bits per heavy atom. The van der Waals surface area contributed by atoms with Crippen molar-refractivity contribution >= 4 is 21.7 Å². The second-order valence-electron chi connectivity index (χ2n) is 4.81. The third kappa shape index (κ3) is 4.33. The normalized spacial score (nSPS) is 12.5. The number of aromatic nitrogens is 1. The molecule has 0 amide bonds. The van der Waals surface area contributed by atoms with Crippen LogP contribution in [-0.2, 0) is 14.8 Å². The van der Waals surface area contributed by atoms with Gasteiger partial charge in [-0.15, -0.1) is 0 Å². The van der Waals surface area contributed by atoms with Gasteiger partial charge in [-0.2, -0.15) is 0 Å². The van der Waals surface area contributed by atoms with Crippen LogP contribution in [0.3, 0.4) is 0 Å². The number of nitrogens with one attached hydrogen (secondary N) is 1. The fourth-order valence-electron chi connectivity index (χ4n) is 2.00. The molecule has 1 atom stereocenters. The van der Waals surface area contributed by atoms with Gasteiger partial charge in [0, 0.05) is 24.5 Å². The van der Waals surface area contributed by atoms with E-state index >= 15 is 0 Å². The topological polar surface area (TPSA) is 140 Å². The summed E-state index contributed by atoms with van der Waals surface area (Å²) in [5, 5.41) is 19.8. The van der Waals surface area contributed by atoms with Crippen LogP contribution in [0.1, 0.15) is 18.0 Å². The number of carboxylic acids is 1. The zero-order valence-electron chi connectivity index (χ0n) is 12.2. The van der Waals surface area contributed by atoms with Crippen LogP contribution in [0.5, 0.6) is 0 Å². The van der Waals surface area contributed by atoms with Gasteiger partial charge in [-0.05, 0) is 17.7 Å². The van der Waals surface area contributed by atoms with E-state index in [1.54, 1.807) is 6.07 Å². The molecule has 0 spiro atoms. The van der Waals surface area contributed by atoms with Crippen molar-refractivity contribution in [3.63, 3.8) is 0 Å². The molecular weight excluding hydrogens is 338 g/mol. The summed E-state index contributed by atoms with van der Waals surface area (Å²) in [5.41, 5.74) is -0.0112. The van der Waals surface area contributed by atoms with Crippen molar-refractivity contribution in [1.82, 2.24) is 9.71 Å². The Balaban J connectivity index is 2.35. The Morgan fingerprint density at radius 2 is 2.08 bits per heavy atom. The maximum absolute atomic E-state index is 12.4. The number of aliphatic carboxylic acids is 1. The van der Waals surface area contributed by atoms with Crippen molar-refractivity contribution in [3.8, 4) is 0 Å². The van der Waals surface area contributed by atoms with Crippen LogP contribution in [0.25, 0.3) is 0 Å². The Bertz CT molecular complexity index is 854. The summed E-state index contributed by atoms with van der Waals surface area (Å²) in [7, 11) is -4.15. The Hall–Kier alpha value is -2.85. The van der Waals surface area contributed by atoms with E-state index in [0.717, 1.165) is 12.1 Å². The predicted molar refractivity (Wildman–Crippen MR) is 82.6 cm³/mol. The van der Waals surface area contributed by atoms with Crippen LogP contribution in [0.4, 0.5) is 5.69 Å². The number of benzene rings is 1. The van der Waals surface area contributed by atoms with Crippen LogP contribution < -0.4 is 4.72 Å². The summed E-state index contributed by atoms with van der Waals surface area (Å²) in [6, 6.07) is 6.53. The number of hydrogen-bond acceptors (Lipinski definition) is 6. The van der Waals surface area contributed by atoms with Gasteiger partial charge >= 0.3 is 5.97 Å². The lowest BCUT2D eigenvalue weighted by Gasteiger charge is -2.17. The molecule has 2 N–H and O–H groups in total. The largest absolute Gasteiger partial charge is 0.481 e. The SMILES string of the molecule is O=C(O)CC(NS(=O)(=O)c1cccc([N+](=O)[O-])c1)c1cccnc1. The lowest BCUT2D eigenvalue weighted by Crippen LogP contribution is -2.30. The fraction of sp³-hybridized carbons (Fsp3) is 0.143. The molecule has 0 fully saturated rings. The second kappa shape index (κ2) is 7.15. The molecule has 24 heavy (non-hydrogen) atoms. The van der Waals surface area contributed by atoms with E-state index in [4.69, 9.17) is 5.11 Å². The number of carboxylic acid groups (broad SMARTS) is 1. The first-order valence-electron chi connectivity index (χ1n) is 6.68. The first-order valence-corrected chi connectivity index (χ1v) is 8.16. The number of pyridine rings is 1. The molecule has 0 bridgehead atoms. The van der Waals surface area contributed by atoms with Crippen LogP contribution in [-0.4, -0.2) is 29.4 Å². The van der Waals surface area contributed by atoms with Crippen LogP contribution in [0.2, 0.25) is 0 Å². The lowest BCUT2D eigenvalue weighted by atomic mass is 10.1. The number of nitrogens with zero attached hydrogens (tertiary/aromatic N) is 2. The number of rotatable bonds is 7. The van der Waals surface area contributed by atoms with Crippen LogP contribution in [0.15, 0.2) is 53.7 Å². The quantitative estimate of drug-likeness (QED) is 0.569. The van der Waals surface area contributed by atoms with Crippen molar-refractivity contribution in [2.45, 2.75) is 17.4 Å². The number of nitro benzene ring substituents is 1. The van der Waals surface area contributed by atoms with Crippen LogP contribution in [0, 0.1) is 10.1 Å². The van der Waals surface area contributed by atoms with Crippen molar-refractivity contribution in [3.05, 3.63) is 64.5 Å². The van der Waals surface area contributed by atoms with Gasteiger partial charge in [0.15, 0.2) is 0 Å². The summed E-state index contributed by atoms with van der Waals surface area (Å²) in [6.45, 7) is 0. The molecule has 0 aliphatic rings. The van der Waals surface area contributed by atoms with Crippen molar-refractivity contribution in [1.29, 1.82) is 0 Å². The third-order valence-corrected chi connectivity index (χ3v) is 4.57. The molecule has 1 unspecified atom stereocenters. The third-order valence-electron chi connectivity index (χ3n) is 3.10. The average Bonchev–Trinajstić information content (AvgIpc) is 2.54. The second-order valence-corrected chi connectivity index (χ2v) is 6.53. The Morgan fingerprint density at radius 1 is 1.33 bits per heavy atom. The summed E-state index contributed by atoms with van der Waals surface area (Å²) in [4.78, 5) is 24.6. The molecule has 1 aromatic heterocycles. The zero-order chi connectivity index (χ0) is 17.7. The summed E-state index contributed by atoms with van der Waals surface area (Å²) in [5.74, 6) is -1.20. The summed E-state index contributed by atoms with van der Waals surface area (Å²) >= 11 is 0. The Kier molecular flexibility index (Phi) is 5.21. The van der Waals surface area contributed by atoms with E-state index in [-0.39, 0.29) is 10.6 Å². The van der Waals surface area contributed by atoms with Gasteiger partial charge in [0.1, 0.15) is 0 Å². The molecule has 2 rings (SSSR count). The zero-order valence-corrected chi connectivity index (χ0v) is 13.0. The molecule has 0 aliphatic heterocycles. The first kappa shape index (κ1) is 17.5. The molecule has 1 heterocycles. The average molecular weight is 351 g/mol. The Labute approximate surface area is 137 Å². The molecular formula is C14H13N3O6S. The molecule has 0 saturated heterocycles. The van der Waals surface area contributed by atoms with Gasteiger partial charge in [-0.3, -0.25) is 19.9 Å². The van der Waals surface area contributed by atoms with Gasteiger partial charge in [0.05, 0.1) is 22.3 Å². The summed E-state index contributed by atoms with van der Waals surface area (Å²) in [6.07, 6.45) is 2.32. The highest BCUT2D eigenvalue weighted by Crippen LogP contribution is 2.22. The maximum atomic E-state index is 12.4. The minimum atomic E-state index is -4.15. The highest BCUT2D eigenvalue weighted by atomic mass is 32.2. The van der Waals surface area contributed by atoms with E-state index < -0.39 is 33.4 Å². The molecule has 10 heteroatoms. The van der Waals surface area contributed by atoms with E-state index in [0.29, 0.717) is 5.56 Å². The van der Waals surface area contributed by atoms with E-state index in [1.165, 1.54) is 30.6 Å². The highest BCUT2D eigenvalue weighted by Gasteiger charge is 2.25. The number of nitro groups is 1. The maximum Gasteiger partial charge on any atom is 0.305 e. The minimum Gasteiger partial charge on any atom is -0.481 e. The fourth-order valence-corrected chi connectivity index (χ4v) is 3.27. The first-order chi connectivity index (χ1) is 11.3. The van der Waals surface area contributed by atoms with Gasteiger partial charge in [-0.25, -0.2) is 13.1 Å². The van der Waals surface area contributed by atoms with Crippen molar-refractivity contribution in [2.24, 2.45) is 0 Å². The minimum absolute atomic E-state index is 0.323. The number of sulfonamides is 1. The molecule has 9 nitrogen and oxygen atoms in total. The molecule has 0 saturated carbocycles. The number of carbonyl (C=O) groups is 1. The van der Waals surface area contributed by atoms with E-state index in [2.05, 4.69) is 9.71 Å². The summed E-state index contributed by atoms with van der Waals surface area (Å²) < 4.78 is 27.1. The monoisotopic (exact) mass is 351 g/mol. The van der Waals surface area contributed by atoms with Crippen LogP contribution >= 0.6 is 0 Å². The molecule has 0 aliphatic carbocycles. The van der Waals surface area contributed by atoms with Gasteiger partial charge < -0.3 is 5.11 Å². The van der Waals surface area contributed by atoms with E-state index in [1.807, 2.05) is 0 Å². The molecule has 0 radical (unpaired) electrons. The van der Waals surface area contributed by atoms with Gasteiger partial charge in [-0.1, -0.05) is 12.1 Å². The molecule has 2 aromatic rings. The number of non-ortho nitro benzene ring substituents is 1. The molecule has 1 aromatic carbocycles. The molecule has 126 valence electrons. The smallest absolute Gasteiger partial charge is 0.305 e. The standard InChI is InChI=1S/C14H13N3O6S/c18-14(19)8-13(10-3-2-6-15-9-10)16-24(22,23)12-5-1-4-11(7-12)17(20)21/h1-7,9,13,16H,8H2,(H,18,19).